The molecular weight excluding hydrogens is 412 g/mol. The van der Waals surface area contributed by atoms with Crippen LogP contribution in [0.2, 0.25) is 0 Å². The van der Waals surface area contributed by atoms with Gasteiger partial charge in [0.1, 0.15) is 6.04 Å². The molecule has 0 aliphatic rings. The average Bonchev–Trinajstić information content (AvgIpc) is 2.63. The number of unbranched alkanes of at least 4 members (excludes halogenated alkanes) is 7. The first-order chi connectivity index (χ1) is 14.4. The van der Waals surface area contributed by atoms with Crippen LogP contribution in [-0.4, -0.2) is 72.0 Å². The number of hydrogen-bond donors (Lipinski definition) is 2. The summed E-state index contributed by atoms with van der Waals surface area (Å²) in [4.78, 5) is 35.3. The lowest BCUT2D eigenvalue weighted by Crippen LogP contribution is -2.51. The van der Waals surface area contributed by atoms with Crippen LogP contribution in [0.4, 0.5) is 0 Å². The van der Waals surface area contributed by atoms with Gasteiger partial charge < -0.3 is 14.9 Å². The van der Waals surface area contributed by atoms with E-state index in [9.17, 15) is 19.5 Å². The van der Waals surface area contributed by atoms with Crippen molar-refractivity contribution < 1.29 is 24.0 Å². The first kappa shape index (κ1) is 29.9. The Hall–Kier alpha value is -1.08. The summed E-state index contributed by atoms with van der Waals surface area (Å²) in [5, 5.41) is 11.7. The zero-order chi connectivity index (χ0) is 23.9. The van der Waals surface area contributed by atoms with E-state index in [4.69, 9.17) is 0 Å². The van der Waals surface area contributed by atoms with Crippen LogP contribution in [-0.2, 0) is 14.4 Å². The number of thioether (sulfide) groups is 1. The first-order valence-corrected chi connectivity index (χ1v) is 13.0. The number of nitrogens with zero attached hydrogens (tertiary/aromatic N) is 1. The summed E-state index contributed by atoms with van der Waals surface area (Å²) >= 11 is 1.42. The van der Waals surface area contributed by atoms with Crippen molar-refractivity contribution in [3.05, 3.63) is 0 Å². The van der Waals surface area contributed by atoms with Gasteiger partial charge in [-0.25, -0.2) is 4.79 Å². The van der Waals surface area contributed by atoms with Gasteiger partial charge in [0.15, 0.2) is 11.8 Å². The maximum absolute atomic E-state index is 12.8. The summed E-state index contributed by atoms with van der Waals surface area (Å²) in [6, 6.07) is -1.09. The molecule has 0 saturated carbocycles. The van der Waals surface area contributed by atoms with Gasteiger partial charge in [0.25, 0.3) is 0 Å². The van der Waals surface area contributed by atoms with E-state index >= 15 is 0 Å². The third kappa shape index (κ3) is 16.2. The lowest BCUT2D eigenvalue weighted by atomic mass is 10.0. The van der Waals surface area contributed by atoms with Gasteiger partial charge in [0.2, 0.25) is 5.91 Å². The number of aliphatic carboxylic acids is 1. The maximum Gasteiger partial charge on any atom is 0.327 e. The van der Waals surface area contributed by atoms with Crippen molar-refractivity contribution in [2.45, 2.75) is 97.1 Å². The Labute approximate surface area is 194 Å². The lowest BCUT2D eigenvalue weighted by molar-refractivity contribution is -0.883. The van der Waals surface area contributed by atoms with E-state index in [1.54, 1.807) is 0 Å². The molecule has 0 fully saturated rings. The Morgan fingerprint density at radius 1 is 0.871 bits per heavy atom. The van der Waals surface area contributed by atoms with Crippen LogP contribution in [0.15, 0.2) is 0 Å². The van der Waals surface area contributed by atoms with Gasteiger partial charge in [-0.05, 0) is 12.3 Å². The van der Waals surface area contributed by atoms with Gasteiger partial charge in [-0.1, -0.05) is 65.2 Å². The smallest absolute Gasteiger partial charge is 0.327 e. The summed E-state index contributed by atoms with van der Waals surface area (Å²) in [5.74, 6) is 0.471. The van der Waals surface area contributed by atoms with Crippen molar-refractivity contribution in [2.75, 3.05) is 32.6 Å². The Balaban J connectivity index is 4.18. The molecule has 0 radical (unpaired) electrons. The van der Waals surface area contributed by atoms with E-state index < -0.39 is 12.0 Å². The summed E-state index contributed by atoms with van der Waals surface area (Å²) in [7, 11) is 6.01. The Morgan fingerprint density at radius 3 is 1.84 bits per heavy atom. The SMILES string of the molecule is CC(=O)N[C@@H](CSCC(C(=O)CCCCCCCCCCC(C)C)[N+](C)(C)C)C(=O)O. The minimum atomic E-state index is -1.05. The predicted octanol–water partition coefficient (Wildman–Crippen LogP) is 4.51. The van der Waals surface area contributed by atoms with E-state index in [-0.39, 0.29) is 23.5 Å². The Morgan fingerprint density at radius 2 is 1.39 bits per heavy atom. The zero-order valence-electron chi connectivity index (χ0n) is 20.7. The van der Waals surface area contributed by atoms with Crippen LogP contribution in [0.25, 0.3) is 0 Å². The molecule has 6 nitrogen and oxygen atoms in total. The largest absolute Gasteiger partial charge is 0.480 e. The number of Topliss-reactive ketones (excluding diaryl/α,β-unsaturated/α-hetero) is 1. The zero-order valence-corrected chi connectivity index (χ0v) is 21.6. The number of nitrogens with one attached hydrogen (secondary N) is 1. The van der Waals surface area contributed by atoms with E-state index in [2.05, 4.69) is 19.2 Å². The molecule has 1 unspecified atom stereocenters. The molecule has 2 atom stereocenters. The quantitative estimate of drug-likeness (QED) is 0.219. The maximum atomic E-state index is 12.8. The van der Waals surface area contributed by atoms with Crippen LogP contribution in [0.1, 0.15) is 85.0 Å². The van der Waals surface area contributed by atoms with Gasteiger partial charge in [-0.3, -0.25) is 9.59 Å². The van der Waals surface area contributed by atoms with E-state index in [1.807, 2.05) is 21.1 Å². The van der Waals surface area contributed by atoms with Crippen molar-refractivity contribution in [2.24, 2.45) is 5.92 Å². The number of quaternary nitrogens is 1. The fourth-order valence-electron chi connectivity index (χ4n) is 3.55. The molecule has 0 spiro atoms. The molecule has 0 bridgehead atoms. The van der Waals surface area contributed by atoms with E-state index in [1.165, 1.54) is 63.6 Å². The monoisotopic (exact) mass is 459 g/mol. The Bertz CT molecular complexity index is 532. The highest BCUT2D eigenvalue weighted by atomic mass is 32.2. The number of rotatable bonds is 19. The molecule has 182 valence electrons. The first-order valence-electron chi connectivity index (χ1n) is 11.9. The normalized spacial score (nSPS) is 13.8. The number of ketones is 1. The molecule has 1 amide bonds. The average molecular weight is 460 g/mol. The standard InChI is InChI=1S/C24H46N2O4S/c1-19(2)15-13-11-9-7-8-10-12-14-16-23(28)22(26(4,5)6)18-31-17-21(24(29)30)25-20(3)27/h19,21-22H,7-18H2,1-6H3,(H-,25,27,29,30)/p+1/t21-,22?/m0/s1. The minimum absolute atomic E-state index is 0.169. The highest BCUT2D eigenvalue weighted by molar-refractivity contribution is 7.99. The highest BCUT2D eigenvalue weighted by Gasteiger charge is 2.31. The van der Waals surface area contributed by atoms with Crippen LogP contribution in [0.3, 0.4) is 0 Å². The topological polar surface area (TPSA) is 83.5 Å². The molecule has 0 heterocycles. The van der Waals surface area contributed by atoms with Gasteiger partial charge in [0, 0.05) is 19.1 Å². The Kier molecular flexibility index (Phi) is 16.0. The number of carbonyl (C=O) groups is 3. The van der Waals surface area contributed by atoms with Gasteiger partial charge in [-0.15, -0.1) is 0 Å². The number of carboxylic acid groups (broad SMARTS) is 1. The number of carboxylic acids is 1. The molecule has 0 aromatic rings. The molecule has 0 aromatic heterocycles. The number of carbonyl (C=O) groups excluding carboxylic acids is 2. The third-order valence-corrected chi connectivity index (χ3v) is 6.62. The van der Waals surface area contributed by atoms with Gasteiger partial charge in [0.05, 0.1) is 26.9 Å². The van der Waals surface area contributed by atoms with Crippen molar-refractivity contribution in [1.82, 2.24) is 5.32 Å². The third-order valence-electron chi connectivity index (χ3n) is 5.50. The second-order valence-electron chi connectivity index (χ2n) is 9.99. The van der Waals surface area contributed by atoms with Gasteiger partial charge in [-0.2, -0.15) is 11.8 Å². The molecule has 0 aliphatic carbocycles. The molecule has 0 aliphatic heterocycles. The molecule has 0 aromatic carbocycles. The van der Waals surface area contributed by atoms with Crippen LogP contribution < -0.4 is 5.32 Å². The van der Waals surface area contributed by atoms with Crippen molar-refractivity contribution in [1.29, 1.82) is 0 Å². The van der Waals surface area contributed by atoms with Crippen LogP contribution in [0.5, 0.6) is 0 Å². The fourth-order valence-corrected chi connectivity index (χ4v) is 5.00. The second-order valence-corrected chi connectivity index (χ2v) is 11.1. The van der Waals surface area contributed by atoms with E-state index in [0.29, 0.717) is 16.7 Å². The molecular formula is C24H47N2O4S+. The minimum Gasteiger partial charge on any atom is -0.480 e. The van der Waals surface area contributed by atoms with Crippen molar-refractivity contribution in [3.8, 4) is 0 Å². The number of likely N-dealkylation sites (N-methyl/N-ethyl adjacent to an activating group) is 1. The summed E-state index contributed by atoms with van der Waals surface area (Å²) < 4.78 is 0.528. The molecule has 2 N–H and O–H groups in total. The molecule has 0 saturated heterocycles. The van der Waals surface area contributed by atoms with E-state index in [0.717, 1.165) is 18.8 Å². The molecule has 0 rings (SSSR count). The fraction of sp³-hybridized carbons (Fsp3) is 0.875. The summed E-state index contributed by atoms with van der Waals surface area (Å²) in [6.45, 7) is 5.87. The van der Waals surface area contributed by atoms with Crippen LogP contribution >= 0.6 is 11.8 Å². The van der Waals surface area contributed by atoms with Gasteiger partial charge >= 0.3 is 5.97 Å². The number of hydrogen-bond acceptors (Lipinski definition) is 4. The van der Waals surface area contributed by atoms with Crippen molar-refractivity contribution >= 4 is 29.4 Å². The predicted molar refractivity (Wildman–Crippen MR) is 130 cm³/mol. The lowest BCUT2D eigenvalue weighted by Gasteiger charge is -2.33. The summed E-state index contributed by atoms with van der Waals surface area (Å²) in [6.07, 6.45) is 11.7. The second kappa shape index (κ2) is 16.5. The highest BCUT2D eigenvalue weighted by Crippen LogP contribution is 2.18. The summed E-state index contributed by atoms with van der Waals surface area (Å²) in [5.41, 5.74) is 0. The molecule has 7 heteroatoms. The number of amides is 1. The van der Waals surface area contributed by atoms with Crippen LogP contribution in [0, 0.1) is 5.92 Å². The molecule has 31 heavy (non-hydrogen) atoms. The van der Waals surface area contributed by atoms with Crippen molar-refractivity contribution in [3.63, 3.8) is 0 Å².